The number of halogens is 1. The normalized spacial score (nSPS) is 14.6. The van der Waals surface area contributed by atoms with Gasteiger partial charge >= 0.3 is 0 Å². The zero-order valence-electron chi connectivity index (χ0n) is 10.5. The molecule has 1 atom stereocenters. The molecule has 0 aliphatic heterocycles. The van der Waals surface area contributed by atoms with Crippen molar-refractivity contribution in [1.82, 2.24) is 0 Å². The molecule has 0 radical (unpaired) electrons. The van der Waals surface area contributed by atoms with Crippen LogP contribution in [0.25, 0.3) is 11.4 Å². The van der Waals surface area contributed by atoms with Crippen molar-refractivity contribution >= 4 is 29.5 Å². The van der Waals surface area contributed by atoms with E-state index in [-0.39, 0.29) is 7.53 Å². The number of fused-ring (bicyclic) bond motifs is 1. The summed E-state index contributed by atoms with van der Waals surface area (Å²) in [6, 6.07) is 10.9. The van der Waals surface area contributed by atoms with Crippen LogP contribution in [0.15, 0.2) is 46.2 Å². The van der Waals surface area contributed by atoms with E-state index in [2.05, 4.69) is 65.1 Å². The second-order valence-corrected chi connectivity index (χ2v) is 7.68. The fourth-order valence-corrected chi connectivity index (χ4v) is 6.05. The van der Waals surface area contributed by atoms with Crippen molar-refractivity contribution in [2.75, 3.05) is 0 Å². The predicted octanol–water partition coefficient (Wildman–Crippen LogP) is 6.16. The van der Waals surface area contributed by atoms with Crippen molar-refractivity contribution in [2.24, 2.45) is 0 Å². The van der Waals surface area contributed by atoms with Gasteiger partial charge in [0.25, 0.3) is 0 Å². The summed E-state index contributed by atoms with van der Waals surface area (Å²) in [5.74, 6) is 2.41. The molecule has 1 aromatic heterocycles. The third kappa shape index (κ3) is 2.11. The lowest BCUT2D eigenvalue weighted by Gasteiger charge is -2.04. The summed E-state index contributed by atoms with van der Waals surface area (Å²) in [6.45, 7) is 2.26. The zero-order valence-corrected chi connectivity index (χ0v) is 13.0. The highest BCUT2D eigenvalue weighted by molar-refractivity contribution is 9.10. The molecule has 0 N–H and O–H groups in total. The Morgan fingerprint density at radius 1 is 1.22 bits per heavy atom. The fraction of sp³-hybridized carbons (Fsp3) is 0.250. The maximum absolute atomic E-state index is 3.74. The second kappa shape index (κ2) is 5.07. The molecule has 0 spiro atoms. The van der Waals surface area contributed by atoms with Gasteiger partial charge in [0.2, 0.25) is 0 Å². The highest BCUT2D eigenvalue weighted by Gasteiger charge is 2.20. The minimum atomic E-state index is -0.239. The maximum Gasteiger partial charge on any atom is 0.0296 e. The Balaban J connectivity index is 2.02. The Morgan fingerprint density at radius 2 is 2.00 bits per heavy atom. The quantitative estimate of drug-likeness (QED) is 0.635. The molecule has 1 aliphatic rings. The minimum Gasteiger partial charge on any atom is -0.0880 e. The number of rotatable bonds is 3. The molecule has 0 amide bonds. The van der Waals surface area contributed by atoms with Crippen LogP contribution < -0.4 is 0 Å². The predicted molar refractivity (Wildman–Crippen MR) is 84.8 cm³/mol. The number of hydrogen-bond acceptors (Lipinski definition) is 0. The molecule has 0 fully saturated rings. The molecule has 2 aromatic rings. The third-order valence-electron chi connectivity index (χ3n) is 3.45. The molecule has 0 bridgehead atoms. The summed E-state index contributed by atoms with van der Waals surface area (Å²) in [4.78, 5) is 0. The summed E-state index contributed by atoms with van der Waals surface area (Å²) < 4.78 is 1.30. The Hall–Kier alpha value is -0.780. The van der Waals surface area contributed by atoms with E-state index in [9.17, 15) is 0 Å². The summed E-state index contributed by atoms with van der Waals surface area (Å²) in [5, 5.41) is 3.12. The van der Waals surface area contributed by atoms with Gasteiger partial charge in [-0.15, -0.1) is 0 Å². The van der Waals surface area contributed by atoms with Gasteiger partial charge in [-0.1, -0.05) is 62.9 Å². The SMILES string of the molecule is CCCC1=Cc2c(Br)cp(-c3ccccc3)c2C1. The van der Waals surface area contributed by atoms with Gasteiger partial charge in [-0.3, -0.25) is 0 Å². The van der Waals surface area contributed by atoms with Crippen LogP contribution >= 0.6 is 23.5 Å². The van der Waals surface area contributed by atoms with Crippen LogP contribution in [0.2, 0.25) is 0 Å². The molecule has 1 heterocycles. The lowest BCUT2D eigenvalue weighted by atomic mass is 10.1. The van der Waals surface area contributed by atoms with Gasteiger partial charge in [-0.2, -0.15) is 0 Å². The first-order valence-corrected chi connectivity index (χ1v) is 8.64. The lowest BCUT2D eigenvalue weighted by molar-refractivity contribution is 0.889. The van der Waals surface area contributed by atoms with Crippen LogP contribution in [0.4, 0.5) is 0 Å². The Morgan fingerprint density at radius 3 is 2.72 bits per heavy atom. The largest absolute Gasteiger partial charge is 0.0880 e. The Bertz CT molecular complexity index is 593. The van der Waals surface area contributed by atoms with E-state index in [1.54, 1.807) is 10.9 Å². The van der Waals surface area contributed by atoms with Crippen LogP contribution in [-0.4, -0.2) is 0 Å². The first-order chi connectivity index (χ1) is 8.79. The number of allylic oxidation sites excluding steroid dienone is 1. The topological polar surface area (TPSA) is 0 Å². The maximum atomic E-state index is 3.74. The van der Waals surface area contributed by atoms with Gasteiger partial charge in [-0.25, -0.2) is 0 Å². The summed E-state index contributed by atoms with van der Waals surface area (Å²) >= 11 is 3.74. The molecule has 0 nitrogen and oxygen atoms in total. The Labute approximate surface area is 118 Å². The highest BCUT2D eigenvalue weighted by atomic mass is 79.9. The van der Waals surface area contributed by atoms with Crippen LogP contribution in [0.5, 0.6) is 0 Å². The van der Waals surface area contributed by atoms with Gasteiger partial charge in [-0.05, 0) is 50.7 Å². The average molecular weight is 319 g/mol. The van der Waals surface area contributed by atoms with E-state index < -0.39 is 0 Å². The van der Waals surface area contributed by atoms with E-state index in [0.29, 0.717) is 0 Å². The molecule has 1 aromatic carbocycles. The highest BCUT2D eigenvalue weighted by Crippen LogP contribution is 2.53. The van der Waals surface area contributed by atoms with E-state index in [0.717, 1.165) is 0 Å². The van der Waals surface area contributed by atoms with Gasteiger partial charge in [0.1, 0.15) is 0 Å². The van der Waals surface area contributed by atoms with Crippen LogP contribution in [0, 0.1) is 0 Å². The monoisotopic (exact) mass is 318 g/mol. The first-order valence-electron chi connectivity index (χ1n) is 6.44. The van der Waals surface area contributed by atoms with Gasteiger partial charge in [0, 0.05) is 4.47 Å². The summed E-state index contributed by atoms with van der Waals surface area (Å²) in [6.07, 6.45) is 6.09. The van der Waals surface area contributed by atoms with Crippen molar-refractivity contribution in [1.29, 1.82) is 0 Å². The van der Waals surface area contributed by atoms with Crippen LogP contribution in [0.1, 0.15) is 30.6 Å². The number of hydrogen-bond donors (Lipinski definition) is 0. The molecule has 0 saturated heterocycles. The van der Waals surface area contributed by atoms with Crippen molar-refractivity contribution in [3.63, 3.8) is 0 Å². The molecule has 1 unspecified atom stereocenters. The van der Waals surface area contributed by atoms with Gasteiger partial charge in [0.15, 0.2) is 0 Å². The van der Waals surface area contributed by atoms with Crippen molar-refractivity contribution in [3.05, 3.63) is 57.0 Å². The van der Waals surface area contributed by atoms with E-state index >= 15 is 0 Å². The number of benzene rings is 1. The lowest BCUT2D eigenvalue weighted by Crippen LogP contribution is -1.81. The standard InChI is InChI=1S/C16H16BrP/c1-2-6-12-9-14-15(17)11-18(16(14)10-12)13-7-4-3-5-8-13/h3-5,7-9,11H,2,6,10H2,1H3. The van der Waals surface area contributed by atoms with Crippen molar-refractivity contribution in [3.8, 4) is 5.30 Å². The van der Waals surface area contributed by atoms with E-state index in [4.69, 9.17) is 0 Å². The molecule has 92 valence electrons. The van der Waals surface area contributed by atoms with Crippen molar-refractivity contribution in [2.45, 2.75) is 26.2 Å². The molecule has 2 heteroatoms. The Kier molecular flexibility index (Phi) is 3.46. The molecule has 18 heavy (non-hydrogen) atoms. The molecular weight excluding hydrogens is 303 g/mol. The fourth-order valence-electron chi connectivity index (χ4n) is 2.63. The first kappa shape index (κ1) is 12.3. The molecule has 1 aliphatic carbocycles. The van der Waals surface area contributed by atoms with Crippen molar-refractivity contribution < 1.29 is 0 Å². The van der Waals surface area contributed by atoms with E-state index in [1.165, 1.54) is 34.6 Å². The second-order valence-electron chi connectivity index (χ2n) is 4.77. The van der Waals surface area contributed by atoms with E-state index in [1.807, 2.05) is 0 Å². The van der Waals surface area contributed by atoms with Gasteiger partial charge < -0.3 is 0 Å². The molecule has 0 saturated carbocycles. The smallest absolute Gasteiger partial charge is 0.0296 e. The molecular formula is C16H16BrP. The van der Waals surface area contributed by atoms with Gasteiger partial charge in [0.05, 0.1) is 0 Å². The summed E-state index contributed by atoms with van der Waals surface area (Å²) in [7, 11) is -0.239. The third-order valence-corrected chi connectivity index (χ3v) is 6.81. The van der Waals surface area contributed by atoms with Crippen LogP contribution in [0.3, 0.4) is 0 Å². The summed E-state index contributed by atoms with van der Waals surface area (Å²) in [5.41, 5.74) is 3.07. The minimum absolute atomic E-state index is 0.239. The van der Waals surface area contributed by atoms with Crippen LogP contribution in [-0.2, 0) is 6.42 Å². The molecule has 3 rings (SSSR count). The average Bonchev–Trinajstić information content (AvgIpc) is 2.92. The zero-order chi connectivity index (χ0) is 12.5.